The third-order valence-corrected chi connectivity index (χ3v) is 7.36. The Hall–Kier alpha value is -2.86. The van der Waals surface area contributed by atoms with Gasteiger partial charge in [0, 0.05) is 44.4 Å². The van der Waals surface area contributed by atoms with Crippen LogP contribution in [0.3, 0.4) is 0 Å². The van der Waals surface area contributed by atoms with Crippen LogP contribution in [0.4, 0.5) is 5.69 Å². The molecule has 1 amide bonds. The normalized spacial score (nSPS) is 17.9. The Labute approximate surface area is 193 Å². The van der Waals surface area contributed by atoms with E-state index in [2.05, 4.69) is 55.3 Å². The van der Waals surface area contributed by atoms with E-state index in [9.17, 15) is 4.79 Å². The number of hydrogen-bond acceptors (Lipinski definition) is 4. The largest absolute Gasteiger partial charge is 0.371 e. The first-order valence-corrected chi connectivity index (χ1v) is 11.6. The molecule has 7 heteroatoms. The first-order valence-electron chi connectivity index (χ1n) is 11.3. The van der Waals surface area contributed by atoms with Crippen LogP contribution in [0.5, 0.6) is 0 Å². The van der Waals surface area contributed by atoms with Crippen molar-refractivity contribution in [2.24, 2.45) is 13.0 Å². The van der Waals surface area contributed by atoms with Gasteiger partial charge in [0.2, 0.25) is 5.91 Å². The number of carbonyl (C=O) groups is 1. The summed E-state index contributed by atoms with van der Waals surface area (Å²) in [5.74, 6) is 2.02. The fraction of sp³-hybridized carbons (Fsp3) is 0.400. The summed E-state index contributed by atoms with van der Waals surface area (Å²) in [5, 5.41) is 12.6. The lowest BCUT2D eigenvalue weighted by atomic mass is 9.95. The zero-order chi connectivity index (χ0) is 22.3. The van der Waals surface area contributed by atoms with Gasteiger partial charge >= 0.3 is 0 Å². The monoisotopic (exact) mass is 449 g/mol. The molecule has 2 aliphatic rings. The fourth-order valence-electron chi connectivity index (χ4n) is 4.99. The minimum Gasteiger partial charge on any atom is -0.371 e. The van der Waals surface area contributed by atoms with E-state index in [0.717, 1.165) is 61.7 Å². The lowest BCUT2D eigenvalue weighted by Gasteiger charge is -2.33. The summed E-state index contributed by atoms with van der Waals surface area (Å²) in [6.45, 7) is 1.70. The second-order valence-corrected chi connectivity index (χ2v) is 9.30. The Kier molecular flexibility index (Phi) is 5.41. The summed E-state index contributed by atoms with van der Waals surface area (Å²) in [6.07, 6.45) is 3.88. The third-order valence-electron chi connectivity index (χ3n) is 7.05. The average Bonchev–Trinajstić information content (AvgIpc) is 3.55. The van der Waals surface area contributed by atoms with Crippen molar-refractivity contribution in [2.75, 3.05) is 25.0 Å². The Morgan fingerprint density at radius 1 is 1.09 bits per heavy atom. The van der Waals surface area contributed by atoms with Crippen molar-refractivity contribution in [3.05, 3.63) is 64.9 Å². The maximum atomic E-state index is 11.9. The van der Waals surface area contributed by atoms with Gasteiger partial charge in [-0.2, -0.15) is 0 Å². The summed E-state index contributed by atoms with van der Waals surface area (Å²) in [4.78, 5) is 14.2. The number of benzene rings is 2. The maximum absolute atomic E-state index is 11.9. The minimum absolute atomic E-state index is 0.0389. The van der Waals surface area contributed by atoms with Crippen LogP contribution in [-0.2, 0) is 17.3 Å². The number of nitrogens with one attached hydrogen (secondary N) is 1. The molecule has 1 aliphatic heterocycles. The van der Waals surface area contributed by atoms with Gasteiger partial charge in [0.15, 0.2) is 5.82 Å². The molecule has 3 aromatic rings. The Bertz CT molecular complexity index is 1130. The standard InChI is InChI=1S/C25H28ClN5O/c1-27-23(32)17-10-14-31(15-11-17)19-8-9-20(21(26)16-19)22-28-29-24(30(22)2)25(12-13-25)18-6-4-3-5-7-18/h3-9,16-17H,10-15H2,1-2H3,(H,27,32). The van der Waals surface area contributed by atoms with Crippen molar-refractivity contribution in [2.45, 2.75) is 31.1 Å². The van der Waals surface area contributed by atoms with E-state index < -0.39 is 0 Å². The molecule has 1 saturated heterocycles. The number of rotatable bonds is 5. The van der Waals surface area contributed by atoms with Crippen LogP contribution in [0, 0.1) is 5.92 Å². The molecule has 2 aromatic carbocycles. The molecule has 5 rings (SSSR count). The Balaban J connectivity index is 1.38. The van der Waals surface area contributed by atoms with Gasteiger partial charge in [-0.3, -0.25) is 4.79 Å². The molecule has 0 spiro atoms. The second-order valence-electron chi connectivity index (χ2n) is 8.89. The highest BCUT2D eigenvalue weighted by Crippen LogP contribution is 2.53. The van der Waals surface area contributed by atoms with E-state index in [1.54, 1.807) is 7.05 Å². The molecule has 1 aliphatic carbocycles. The number of hydrogen-bond donors (Lipinski definition) is 1. The van der Waals surface area contributed by atoms with Gasteiger partial charge in [-0.05, 0) is 49.4 Å². The molecule has 1 N–H and O–H groups in total. The highest BCUT2D eigenvalue weighted by molar-refractivity contribution is 6.33. The maximum Gasteiger partial charge on any atom is 0.222 e. The molecular formula is C25H28ClN5O. The summed E-state index contributed by atoms with van der Waals surface area (Å²) >= 11 is 6.74. The first kappa shape index (κ1) is 21.0. The van der Waals surface area contributed by atoms with Crippen molar-refractivity contribution in [1.29, 1.82) is 0 Å². The van der Waals surface area contributed by atoms with Crippen molar-refractivity contribution >= 4 is 23.2 Å². The van der Waals surface area contributed by atoms with E-state index in [-0.39, 0.29) is 17.2 Å². The molecule has 6 nitrogen and oxygen atoms in total. The van der Waals surface area contributed by atoms with Gasteiger partial charge in [-0.15, -0.1) is 10.2 Å². The van der Waals surface area contributed by atoms with Gasteiger partial charge in [-0.25, -0.2) is 0 Å². The molecular weight excluding hydrogens is 422 g/mol. The number of aromatic nitrogens is 3. The fourth-order valence-corrected chi connectivity index (χ4v) is 5.25. The number of nitrogens with zero attached hydrogens (tertiary/aromatic N) is 4. The molecule has 0 bridgehead atoms. The lowest BCUT2D eigenvalue weighted by molar-refractivity contribution is -0.125. The molecule has 0 atom stereocenters. The molecule has 2 fully saturated rings. The lowest BCUT2D eigenvalue weighted by Crippen LogP contribution is -2.39. The quantitative estimate of drug-likeness (QED) is 0.634. The summed E-state index contributed by atoms with van der Waals surface area (Å²) < 4.78 is 2.09. The Morgan fingerprint density at radius 3 is 2.44 bits per heavy atom. The van der Waals surface area contributed by atoms with E-state index >= 15 is 0 Å². The van der Waals surface area contributed by atoms with Crippen molar-refractivity contribution in [3.8, 4) is 11.4 Å². The number of piperidine rings is 1. The highest BCUT2D eigenvalue weighted by Gasteiger charge is 2.49. The minimum atomic E-state index is -0.0389. The van der Waals surface area contributed by atoms with Crippen molar-refractivity contribution in [1.82, 2.24) is 20.1 Å². The second kappa shape index (κ2) is 8.24. The molecule has 1 saturated carbocycles. The van der Waals surface area contributed by atoms with E-state index in [1.807, 2.05) is 25.2 Å². The van der Waals surface area contributed by atoms with Crippen LogP contribution in [0.2, 0.25) is 5.02 Å². The summed E-state index contributed by atoms with van der Waals surface area (Å²) in [5.41, 5.74) is 3.23. The molecule has 32 heavy (non-hydrogen) atoms. The topological polar surface area (TPSA) is 63.1 Å². The van der Waals surface area contributed by atoms with Gasteiger partial charge in [0.1, 0.15) is 5.82 Å². The van der Waals surface area contributed by atoms with Crippen molar-refractivity contribution < 1.29 is 4.79 Å². The SMILES string of the molecule is CNC(=O)C1CCN(c2ccc(-c3nnc(C4(c5ccccc5)CC4)n3C)c(Cl)c2)CC1. The zero-order valence-electron chi connectivity index (χ0n) is 18.5. The Morgan fingerprint density at radius 2 is 1.81 bits per heavy atom. The highest BCUT2D eigenvalue weighted by atomic mass is 35.5. The van der Waals surface area contributed by atoms with Gasteiger partial charge in [-0.1, -0.05) is 41.9 Å². The third kappa shape index (κ3) is 3.56. The van der Waals surface area contributed by atoms with E-state index in [1.165, 1.54) is 5.56 Å². The number of halogens is 1. The van der Waals surface area contributed by atoms with Crippen LogP contribution < -0.4 is 10.2 Å². The van der Waals surface area contributed by atoms with Crippen LogP contribution in [0.1, 0.15) is 37.1 Å². The molecule has 2 heterocycles. The molecule has 1 aromatic heterocycles. The van der Waals surface area contributed by atoms with Crippen LogP contribution in [0.25, 0.3) is 11.4 Å². The van der Waals surface area contributed by atoms with Gasteiger partial charge < -0.3 is 14.8 Å². The summed E-state index contributed by atoms with van der Waals surface area (Å²) in [6, 6.07) is 16.7. The zero-order valence-corrected chi connectivity index (χ0v) is 19.3. The van der Waals surface area contributed by atoms with Gasteiger partial charge in [0.05, 0.1) is 10.4 Å². The van der Waals surface area contributed by atoms with E-state index in [4.69, 9.17) is 11.6 Å². The van der Waals surface area contributed by atoms with Crippen molar-refractivity contribution in [3.63, 3.8) is 0 Å². The van der Waals surface area contributed by atoms with Crippen LogP contribution in [-0.4, -0.2) is 40.8 Å². The predicted molar refractivity (Wildman–Crippen MR) is 127 cm³/mol. The number of carbonyl (C=O) groups excluding carboxylic acids is 1. The van der Waals surface area contributed by atoms with Crippen LogP contribution in [0.15, 0.2) is 48.5 Å². The summed E-state index contributed by atoms with van der Waals surface area (Å²) in [7, 11) is 3.73. The van der Waals surface area contributed by atoms with Crippen LogP contribution >= 0.6 is 11.6 Å². The smallest absolute Gasteiger partial charge is 0.222 e. The van der Waals surface area contributed by atoms with E-state index in [0.29, 0.717) is 5.02 Å². The van der Waals surface area contributed by atoms with Gasteiger partial charge in [0.25, 0.3) is 0 Å². The first-order chi connectivity index (χ1) is 15.5. The number of anilines is 1. The molecule has 0 radical (unpaired) electrons. The molecule has 0 unspecified atom stereocenters. The molecule has 166 valence electrons. The predicted octanol–water partition coefficient (Wildman–Crippen LogP) is 4.18. The average molecular weight is 450 g/mol. The number of amides is 1.